The van der Waals surface area contributed by atoms with Crippen molar-refractivity contribution in [1.29, 1.82) is 0 Å². The highest BCUT2D eigenvalue weighted by molar-refractivity contribution is 6.31. The van der Waals surface area contributed by atoms with Crippen molar-refractivity contribution in [3.8, 4) is 11.5 Å². The van der Waals surface area contributed by atoms with Gasteiger partial charge in [-0.05, 0) is 27.0 Å². The molecule has 0 amide bonds. The molecule has 0 aliphatic heterocycles. The molecule has 0 fully saturated rings. The van der Waals surface area contributed by atoms with Crippen molar-refractivity contribution in [2.24, 2.45) is 0 Å². The maximum Gasteiger partial charge on any atom is 0.180 e. The maximum atomic E-state index is 12.0. The number of hydrogen-bond acceptors (Lipinski definition) is 4. The first-order valence-electron chi connectivity index (χ1n) is 5.71. The van der Waals surface area contributed by atoms with Gasteiger partial charge in [0.2, 0.25) is 0 Å². The average Bonchev–Trinajstić information content (AvgIpc) is 2.30. The van der Waals surface area contributed by atoms with Gasteiger partial charge in [0.25, 0.3) is 0 Å². The normalized spacial score (nSPS) is 10.6. The molecule has 1 aromatic carbocycles. The highest BCUT2D eigenvalue weighted by Crippen LogP contribution is 2.35. The van der Waals surface area contributed by atoms with Crippen LogP contribution in [0.15, 0.2) is 12.1 Å². The molecule has 1 N–H and O–H groups in total. The Morgan fingerprint density at radius 2 is 2.11 bits per heavy atom. The minimum Gasteiger partial charge on any atom is -0.493 e. The lowest BCUT2D eigenvalue weighted by atomic mass is 10.1. The number of rotatable bonds is 6. The Morgan fingerprint density at radius 1 is 1.44 bits per heavy atom. The lowest BCUT2D eigenvalue weighted by Crippen LogP contribution is -2.20. The Morgan fingerprint density at radius 3 is 2.61 bits per heavy atom. The molecule has 0 bridgehead atoms. The summed E-state index contributed by atoms with van der Waals surface area (Å²) in [5, 5.41) is 3.26. The summed E-state index contributed by atoms with van der Waals surface area (Å²) >= 11 is 5.97. The fraction of sp³-hybridized carbons (Fsp3) is 0.462. The molecule has 0 saturated heterocycles. The standard InChI is InChI=1S/C13H18ClNO3/c1-8(2)18-13-10(11(16)7-15-3)5-9(14)6-12(13)17-4/h5-6,8,15H,7H2,1-4H3. The van der Waals surface area contributed by atoms with Crippen LogP contribution in [-0.4, -0.2) is 32.6 Å². The van der Waals surface area contributed by atoms with E-state index in [0.29, 0.717) is 22.1 Å². The number of Topliss-reactive ketones (excluding diaryl/α,β-unsaturated/α-hetero) is 1. The third-order valence-corrected chi connectivity index (χ3v) is 2.45. The zero-order valence-electron chi connectivity index (χ0n) is 11.0. The number of halogens is 1. The fourth-order valence-electron chi connectivity index (χ4n) is 1.54. The Bertz CT molecular complexity index is 432. The van der Waals surface area contributed by atoms with Gasteiger partial charge in [-0.1, -0.05) is 11.6 Å². The van der Waals surface area contributed by atoms with Crippen LogP contribution in [0.1, 0.15) is 24.2 Å². The number of methoxy groups -OCH3 is 1. The van der Waals surface area contributed by atoms with Crippen LogP contribution in [0, 0.1) is 0 Å². The van der Waals surface area contributed by atoms with Gasteiger partial charge in [0.15, 0.2) is 17.3 Å². The molecule has 100 valence electrons. The molecule has 0 radical (unpaired) electrons. The van der Waals surface area contributed by atoms with E-state index in [0.717, 1.165) is 0 Å². The van der Waals surface area contributed by atoms with Crippen molar-refractivity contribution in [2.75, 3.05) is 20.7 Å². The van der Waals surface area contributed by atoms with E-state index in [2.05, 4.69) is 5.32 Å². The lowest BCUT2D eigenvalue weighted by Gasteiger charge is -2.17. The highest BCUT2D eigenvalue weighted by Gasteiger charge is 2.19. The molecule has 0 saturated carbocycles. The fourth-order valence-corrected chi connectivity index (χ4v) is 1.75. The van der Waals surface area contributed by atoms with E-state index in [1.807, 2.05) is 13.8 Å². The van der Waals surface area contributed by atoms with Gasteiger partial charge < -0.3 is 14.8 Å². The zero-order chi connectivity index (χ0) is 13.7. The van der Waals surface area contributed by atoms with Crippen LogP contribution in [0.25, 0.3) is 0 Å². The molecular weight excluding hydrogens is 254 g/mol. The zero-order valence-corrected chi connectivity index (χ0v) is 11.8. The summed E-state index contributed by atoms with van der Waals surface area (Å²) in [6.07, 6.45) is -0.0544. The predicted molar refractivity (Wildman–Crippen MR) is 72.0 cm³/mol. The quantitative estimate of drug-likeness (QED) is 0.808. The van der Waals surface area contributed by atoms with Crippen LogP contribution >= 0.6 is 11.6 Å². The lowest BCUT2D eigenvalue weighted by molar-refractivity contribution is 0.0987. The number of ether oxygens (including phenoxy) is 2. The van der Waals surface area contributed by atoms with E-state index < -0.39 is 0 Å². The summed E-state index contributed by atoms with van der Waals surface area (Å²) < 4.78 is 10.9. The van der Waals surface area contributed by atoms with Crippen LogP contribution in [0.4, 0.5) is 0 Å². The van der Waals surface area contributed by atoms with Crippen molar-refractivity contribution < 1.29 is 14.3 Å². The van der Waals surface area contributed by atoms with Crippen LogP contribution in [0.2, 0.25) is 5.02 Å². The van der Waals surface area contributed by atoms with E-state index in [4.69, 9.17) is 21.1 Å². The number of carbonyl (C=O) groups excluding carboxylic acids is 1. The Balaban J connectivity index is 3.27. The first kappa shape index (κ1) is 14.8. The van der Waals surface area contributed by atoms with Crippen molar-refractivity contribution in [1.82, 2.24) is 5.32 Å². The van der Waals surface area contributed by atoms with Gasteiger partial charge >= 0.3 is 0 Å². The largest absolute Gasteiger partial charge is 0.493 e. The number of hydrogen-bond donors (Lipinski definition) is 1. The molecule has 4 nitrogen and oxygen atoms in total. The maximum absolute atomic E-state index is 12.0. The molecule has 1 aromatic rings. The monoisotopic (exact) mass is 271 g/mol. The van der Waals surface area contributed by atoms with Crippen LogP contribution in [0.3, 0.4) is 0 Å². The summed E-state index contributed by atoms with van der Waals surface area (Å²) in [5.41, 5.74) is 0.433. The number of benzene rings is 1. The second kappa shape index (κ2) is 6.61. The molecule has 18 heavy (non-hydrogen) atoms. The minimum absolute atomic E-state index is 0.0544. The summed E-state index contributed by atoms with van der Waals surface area (Å²) in [4.78, 5) is 12.0. The number of ketones is 1. The number of likely N-dealkylation sites (N-methyl/N-ethyl adjacent to an activating group) is 1. The van der Waals surface area contributed by atoms with E-state index in [9.17, 15) is 4.79 Å². The summed E-state index contributed by atoms with van der Waals surface area (Å²) in [6.45, 7) is 4.00. The molecule has 0 heterocycles. The second-order valence-electron chi connectivity index (χ2n) is 4.10. The third kappa shape index (κ3) is 3.62. The highest BCUT2D eigenvalue weighted by atomic mass is 35.5. The van der Waals surface area contributed by atoms with Crippen LogP contribution < -0.4 is 14.8 Å². The first-order chi connectivity index (χ1) is 8.49. The van der Waals surface area contributed by atoms with Crippen molar-refractivity contribution >= 4 is 17.4 Å². The summed E-state index contributed by atoms with van der Waals surface area (Å²) in [5.74, 6) is 0.821. The van der Waals surface area contributed by atoms with E-state index in [-0.39, 0.29) is 18.4 Å². The first-order valence-corrected chi connectivity index (χ1v) is 6.09. The molecular formula is C13H18ClNO3. The SMILES string of the molecule is CNCC(=O)c1cc(Cl)cc(OC)c1OC(C)C. The molecule has 5 heteroatoms. The van der Waals surface area contributed by atoms with Gasteiger partial charge in [0, 0.05) is 11.1 Å². The molecule has 0 spiro atoms. The van der Waals surface area contributed by atoms with Crippen LogP contribution in [0.5, 0.6) is 11.5 Å². The molecule has 0 aliphatic carbocycles. The minimum atomic E-state index is -0.0889. The molecule has 1 rings (SSSR count). The smallest absolute Gasteiger partial charge is 0.180 e. The Labute approximate surface area is 112 Å². The van der Waals surface area contributed by atoms with Gasteiger partial charge in [-0.25, -0.2) is 0 Å². The Hall–Kier alpha value is -1.26. The summed E-state index contributed by atoms with van der Waals surface area (Å²) in [6, 6.07) is 3.23. The summed E-state index contributed by atoms with van der Waals surface area (Å²) in [7, 11) is 3.23. The van der Waals surface area contributed by atoms with Gasteiger partial charge in [0.1, 0.15) is 0 Å². The van der Waals surface area contributed by atoms with Gasteiger partial charge in [0.05, 0.1) is 25.3 Å². The number of nitrogens with one attached hydrogen (secondary N) is 1. The van der Waals surface area contributed by atoms with E-state index in [1.54, 1.807) is 19.2 Å². The third-order valence-electron chi connectivity index (χ3n) is 2.23. The van der Waals surface area contributed by atoms with Gasteiger partial charge in [-0.15, -0.1) is 0 Å². The number of carbonyl (C=O) groups is 1. The van der Waals surface area contributed by atoms with Crippen molar-refractivity contribution in [3.05, 3.63) is 22.7 Å². The second-order valence-corrected chi connectivity index (χ2v) is 4.54. The molecule has 0 atom stereocenters. The van der Waals surface area contributed by atoms with Gasteiger partial charge in [-0.2, -0.15) is 0 Å². The van der Waals surface area contributed by atoms with Gasteiger partial charge in [-0.3, -0.25) is 4.79 Å². The van der Waals surface area contributed by atoms with E-state index in [1.165, 1.54) is 7.11 Å². The predicted octanol–water partition coefficient (Wildman–Crippen LogP) is 2.54. The molecule has 0 aliphatic rings. The average molecular weight is 272 g/mol. The molecule has 0 aromatic heterocycles. The van der Waals surface area contributed by atoms with Crippen LogP contribution in [-0.2, 0) is 0 Å². The Kier molecular flexibility index (Phi) is 5.44. The van der Waals surface area contributed by atoms with Crippen molar-refractivity contribution in [2.45, 2.75) is 20.0 Å². The van der Waals surface area contributed by atoms with Crippen molar-refractivity contribution in [3.63, 3.8) is 0 Å². The topological polar surface area (TPSA) is 47.6 Å². The molecule has 0 unspecified atom stereocenters. The van der Waals surface area contributed by atoms with E-state index >= 15 is 0 Å².